The molecule has 5 nitrogen and oxygen atoms in total. The zero-order valence-corrected chi connectivity index (χ0v) is 12.5. The van der Waals surface area contributed by atoms with Gasteiger partial charge in [0.2, 0.25) is 5.03 Å². The Hall–Kier alpha value is -2.06. The van der Waals surface area contributed by atoms with Crippen molar-refractivity contribution in [3.63, 3.8) is 0 Å². The Morgan fingerprint density at radius 2 is 2.10 bits per heavy atom. The molecule has 0 saturated carbocycles. The van der Waals surface area contributed by atoms with Crippen molar-refractivity contribution < 1.29 is 12.8 Å². The molecule has 0 bridgehead atoms. The van der Waals surface area contributed by atoms with Crippen LogP contribution in [0, 0.1) is 12.7 Å². The van der Waals surface area contributed by atoms with Gasteiger partial charge in [-0.05, 0) is 36.8 Å². The fourth-order valence-corrected chi connectivity index (χ4v) is 4.02. The minimum atomic E-state index is -4.09. The monoisotopic (exact) mass is 323 g/mol. The first-order valence-corrected chi connectivity index (χ1v) is 8.26. The molecule has 1 N–H and O–H groups in total. The molecular formula is C13H10FN3O2S2. The molecule has 21 heavy (non-hydrogen) atoms. The van der Waals surface area contributed by atoms with Crippen LogP contribution in [0.3, 0.4) is 0 Å². The highest BCUT2D eigenvalue weighted by atomic mass is 32.2. The van der Waals surface area contributed by atoms with Crippen molar-refractivity contribution in [2.24, 2.45) is 0 Å². The van der Waals surface area contributed by atoms with Crippen molar-refractivity contribution in [3.8, 4) is 0 Å². The lowest BCUT2D eigenvalue weighted by molar-refractivity contribution is 0.557. The minimum absolute atomic E-state index is 0.181. The van der Waals surface area contributed by atoms with Gasteiger partial charge in [0.25, 0.3) is 10.0 Å². The van der Waals surface area contributed by atoms with Crippen LogP contribution in [-0.4, -0.2) is 18.4 Å². The minimum Gasteiger partial charge on any atom is -0.253 e. The van der Waals surface area contributed by atoms with Crippen LogP contribution in [0.25, 0.3) is 10.2 Å². The second kappa shape index (κ2) is 5.05. The standard InChI is InChI=1S/C13H10FN3O2S2/c1-8-4-5-10-11(7-8)20-13(16-10)17-21(18,19)12-9(14)3-2-6-15-12/h2-7H,1H3,(H,16,17). The van der Waals surface area contributed by atoms with Crippen LogP contribution in [0.4, 0.5) is 9.52 Å². The van der Waals surface area contributed by atoms with E-state index in [9.17, 15) is 12.8 Å². The van der Waals surface area contributed by atoms with E-state index in [4.69, 9.17) is 0 Å². The van der Waals surface area contributed by atoms with E-state index >= 15 is 0 Å². The molecule has 0 fully saturated rings. The van der Waals surface area contributed by atoms with Gasteiger partial charge >= 0.3 is 0 Å². The van der Waals surface area contributed by atoms with Gasteiger partial charge in [0.05, 0.1) is 10.2 Å². The quantitative estimate of drug-likeness (QED) is 0.804. The first-order chi connectivity index (χ1) is 9.95. The van der Waals surface area contributed by atoms with Gasteiger partial charge < -0.3 is 0 Å². The molecular weight excluding hydrogens is 313 g/mol. The molecule has 2 aromatic heterocycles. The molecule has 108 valence electrons. The van der Waals surface area contributed by atoms with Crippen molar-refractivity contribution >= 4 is 36.7 Å². The summed E-state index contributed by atoms with van der Waals surface area (Å²) in [6.45, 7) is 1.94. The SMILES string of the molecule is Cc1ccc2nc(NS(=O)(=O)c3ncccc3F)sc2c1. The van der Waals surface area contributed by atoms with E-state index in [0.717, 1.165) is 16.3 Å². The molecule has 0 radical (unpaired) electrons. The zero-order chi connectivity index (χ0) is 15.0. The maximum absolute atomic E-state index is 13.5. The van der Waals surface area contributed by atoms with Crippen LogP contribution >= 0.6 is 11.3 Å². The predicted octanol–water partition coefficient (Wildman–Crippen LogP) is 2.94. The number of aryl methyl sites for hydroxylation is 1. The van der Waals surface area contributed by atoms with Crippen LogP contribution in [0.2, 0.25) is 0 Å². The zero-order valence-electron chi connectivity index (χ0n) is 10.9. The molecule has 0 aliphatic heterocycles. The predicted molar refractivity (Wildman–Crippen MR) is 79.4 cm³/mol. The fourth-order valence-electron chi connectivity index (χ4n) is 1.81. The molecule has 3 rings (SSSR count). The smallest absolute Gasteiger partial charge is 0.253 e. The second-order valence-electron chi connectivity index (χ2n) is 4.39. The molecule has 0 unspecified atom stereocenters. The van der Waals surface area contributed by atoms with Crippen LogP contribution in [0.5, 0.6) is 0 Å². The van der Waals surface area contributed by atoms with E-state index in [1.165, 1.54) is 23.6 Å². The van der Waals surface area contributed by atoms with E-state index < -0.39 is 20.9 Å². The Balaban J connectivity index is 1.99. The molecule has 0 atom stereocenters. The average molecular weight is 323 g/mol. The number of anilines is 1. The third-order valence-electron chi connectivity index (χ3n) is 2.74. The largest absolute Gasteiger partial charge is 0.284 e. The van der Waals surface area contributed by atoms with Crippen LogP contribution in [0.1, 0.15) is 5.56 Å². The second-order valence-corrected chi connectivity index (χ2v) is 7.01. The highest BCUT2D eigenvalue weighted by Crippen LogP contribution is 2.28. The van der Waals surface area contributed by atoms with E-state index in [-0.39, 0.29) is 5.13 Å². The van der Waals surface area contributed by atoms with Gasteiger partial charge in [-0.15, -0.1) is 0 Å². The van der Waals surface area contributed by atoms with Crippen molar-refractivity contribution in [1.29, 1.82) is 0 Å². The number of aromatic nitrogens is 2. The highest BCUT2D eigenvalue weighted by Gasteiger charge is 2.22. The summed E-state index contributed by atoms with van der Waals surface area (Å²) >= 11 is 1.19. The topological polar surface area (TPSA) is 72.0 Å². The summed E-state index contributed by atoms with van der Waals surface area (Å²) in [7, 11) is -4.09. The number of thiazole rings is 1. The maximum atomic E-state index is 13.5. The van der Waals surface area contributed by atoms with Gasteiger partial charge in [-0.3, -0.25) is 4.72 Å². The molecule has 0 aliphatic rings. The fraction of sp³-hybridized carbons (Fsp3) is 0.0769. The lowest BCUT2D eigenvalue weighted by Gasteiger charge is -2.04. The van der Waals surface area contributed by atoms with Crippen molar-refractivity contribution in [3.05, 3.63) is 47.9 Å². The highest BCUT2D eigenvalue weighted by molar-refractivity contribution is 7.92. The number of hydrogen-bond donors (Lipinski definition) is 1. The molecule has 2 heterocycles. The molecule has 8 heteroatoms. The van der Waals surface area contributed by atoms with Crippen molar-refractivity contribution in [2.75, 3.05) is 4.72 Å². The normalized spacial score (nSPS) is 11.7. The van der Waals surface area contributed by atoms with E-state index in [1.807, 2.05) is 19.1 Å². The Morgan fingerprint density at radius 1 is 1.29 bits per heavy atom. The van der Waals surface area contributed by atoms with Gasteiger partial charge in [0.1, 0.15) is 0 Å². The Morgan fingerprint density at radius 3 is 2.86 bits per heavy atom. The number of pyridine rings is 1. The summed E-state index contributed by atoms with van der Waals surface area (Å²) in [5.74, 6) is -0.901. The first kappa shape index (κ1) is 13.9. The number of rotatable bonds is 3. The Bertz CT molecular complexity index is 922. The number of benzene rings is 1. The first-order valence-electron chi connectivity index (χ1n) is 5.96. The third kappa shape index (κ3) is 2.72. The third-order valence-corrected chi connectivity index (χ3v) is 5.08. The molecule has 3 aromatic rings. The average Bonchev–Trinajstić information content (AvgIpc) is 2.79. The lowest BCUT2D eigenvalue weighted by Crippen LogP contribution is -2.15. The van der Waals surface area contributed by atoms with Gasteiger partial charge in [-0.25, -0.2) is 14.4 Å². The maximum Gasteiger partial charge on any atom is 0.284 e. The van der Waals surface area contributed by atoms with E-state index in [1.54, 1.807) is 6.07 Å². The summed E-state index contributed by atoms with van der Waals surface area (Å²) in [6.07, 6.45) is 1.22. The Kier molecular flexibility index (Phi) is 3.34. The summed E-state index contributed by atoms with van der Waals surface area (Å²) in [5, 5.41) is -0.457. The van der Waals surface area contributed by atoms with Crippen LogP contribution in [0.15, 0.2) is 41.6 Å². The lowest BCUT2D eigenvalue weighted by atomic mass is 10.2. The molecule has 1 aromatic carbocycles. The summed E-state index contributed by atoms with van der Waals surface area (Å²) in [6, 6.07) is 7.98. The van der Waals surface area contributed by atoms with E-state index in [2.05, 4.69) is 14.7 Å². The molecule has 0 saturated heterocycles. The summed E-state index contributed by atoms with van der Waals surface area (Å²) in [4.78, 5) is 7.74. The summed E-state index contributed by atoms with van der Waals surface area (Å²) < 4.78 is 40.9. The number of halogens is 1. The summed E-state index contributed by atoms with van der Waals surface area (Å²) in [5.41, 5.74) is 1.74. The molecule has 0 amide bonds. The molecule has 0 spiro atoms. The van der Waals surface area contributed by atoms with Gasteiger partial charge in [-0.1, -0.05) is 17.4 Å². The number of fused-ring (bicyclic) bond motifs is 1. The number of hydrogen-bond acceptors (Lipinski definition) is 5. The van der Waals surface area contributed by atoms with Crippen LogP contribution in [-0.2, 0) is 10.0 Å². The van der Waals surface area contributed by atoms with Crippen molar-refractivity contribution in [2.45, 2.75) is 11.9 Å². The van der Waals surface area contributed by atoms with Crippen LogP contribution < -0.4 is 4.72 Å². The Labute approximate surface area is 124 Å². The van der Waals surface area contributed by atoms with Gasteiger partial charge in [0.15, 0.2) is 10.9 Å². The number of nitrogens with zero attached hydrogens (tertiary/aromatic N) is 2. The molecule has 0 aliphatic carbocycles. The van der Waals surface area contributed by atoms with Gasteiger partial charge in [-0.2, -0.15) is 8.42 Å². The van der Waals surface area contributed by atoms with E-state index in [0.29, 0.717) is 5.52 Å². The van der Waals surface area contributed by atoms with Crippen molar-refractivity contribution in [1.82, 2.24) is 9.97 Å². The number of sulfonamides is 1. The van der Waals surface area contributed by atoms with Gasteiger partial charge in [0, 0.05) is 6.20 Å². The number of nitrogens with one attached hydrogen (secondary N) is 1.